The van der Waals surface area contributed by atoms with Crippen LogP contribution in [0.3, 0.4) is 0 Å². The van der Waals surface area contributed by atoms with Crippen LogP contribution in [0.1, 0.15) is 13.8 Å². The molecular weight excluding hydrogens is 486 g/mol. The minimum Gasteiger partial charge on any atom is -0.455 e. The van der Waals surface area contributed by atoms with E-state index in [0.717, 1.165) is 44.1 Å². The van der Waals surface area contributed by atoms with E-state index in [1.54, 1.807) is 0 Å². The Hall–Kier alpha value is -5.08. The van der Waals surface area contributed by atoms with Crippen molar-refractivity contribution in [2.24, 2.45) is 0 Å². The van der Waals surface area contributed by atoms with Gasteiger partial charge in [0, 0.05) is 38.2 Å². The Balaban J connectivity index is 0.00000130. The minimum absolute atomic E-state index is 0.920. The van der Waals surface area contributed by atoms with E-state index in [0.29, 0.717) is 0 Å². The van der Waals surface area contributed by atoms with Gasteiger partial charge in [-0.1, -0.05) is 123 Å². The molecule has 0 bridgehead atoms. The summed E-state index contributed by atoms with van der Waals surface area (Å²) < 4.78 is 6.34. The SMILES string of the molecule is CC.c1ccc(-c2ccc3[nH]c4c(-c5cccc(-c6cccc7c6oc6ccccc67)c5)cccc4c3c2)cc1. The lowest BCUT2D eigenvalue weighted by Crippen LogP contribution is -1.84. The largest absolute Gasteiger partial charge is 0.455 e. The molecule has 0 saturated carbocycles. The fourth-order valence-electron chi connectivity index (χ4n) is 5.80. The second-order valence-electron chi connectivity index (χ2n) is 9.84. The van der Waals surface area contributed by atoms with Crippen molar-refractivity contribution in [1.82, 2.24) is 4.98 Å². The van der Waals surface area contributed by atoms with Gasteiger partial charge in [0.25, 0.3) is 0 Å². The summed E-state index contributed by atoms with van der Waals surface area (Å²) >= 11 is 0. The molecule has 2 heteroatoms. The third kappa shape index (κ3) is 3.88. The van der Waals surface area contributed by atoms with Crippen LogP contribution in [0.4, 0.5) is 0 Å². The number of furan rings is 1. The number of aromatic amines is 1. The van der Waals surface area contributed by atoms with Crippen molar-refractivity contribution in [2.45, 2.75) is 13.8 Å². The van der Waals surface area contributed by atoms with Crippen molar-refractivity contribution in [2.75, 3.05) is 0 Å². The zero-order valence-corrected chi connectivity index (χ0v) is 22.6. The van der Waals surface area contributed by atoms with Gasteiger partial charge in [-0.25, -0.2) is 0 Å². The monoisotopic (exact) mass is 515 g/mol. The first-order valence-electron chi connectivity index (χ1n) is 13.9. The second-order valence-corrected chi connectivity index (χ2v) is 9.84. The van der Waals surface area contributed by atoms with Gasteiger partial charge in [0.2, 0.25) is 0 Å². The molecule has 8 aromatic rings. The topological polar surface area (TPSA) is 28.9 Å². The number of hydrogen-bond acceptors (Lipinski definition) is 1. The van der Waals surface area contributed by atoms with Crippen molar-refractivity contribution < 1.29 is 4.42 Å². The molecule has 0 spiro atoms. The van der Waals surface area contributed by atoms with Crippen LogP contribution in [0, 0.1) is 0 Å². The molecular formula is C38H29NO. The Morgan fingerprint density at radius 2 is 1.10 bits per heavy atom. The van der Waals surface area contributed by atoms with E-state index < -0.39 is 0 Å². The summed E-state index contributed by atoms with van der Waals surface area (Å²) in [6.45, 7) is 4.00. The summed E-state index contributed by atoms with van der Waals surface area (Å²) in [6.07, 6.45) is 0. The van der Waals surface area contributed by atoms with Gasteiger partial charge in [-0.2, -0.15) is 0 Å². The molecule has 0 atom stereocenters. The lowest BCUT2D eigenvalue weighted by atomic mass is 9.96. The minimum atomic E-state index is 0.920. The molecule has 40 heavy (non-hydrogen) atoms. The number of hydrogen-bond donors (Lipinski definition) is 1. The van der Waals surface area contributed by atoms with Gasteiger partial charge >= 0.3 is 0 Å². The Bertz CT molecular complexity index is 2130. The zero-order chi connectivity index (χ0) is 27.1. The normalized spacial score (nSPS) is 11.2. The molecule has 1 N–H and O–H groups in total. The summed E-state index contributed by atoms with van der Waals surface area (Å²) in [5, 5.41) is 4.78. The number of benzene rings is 6. The lowest BCUT2D eigenvalue weighted by molar-refractivity contribution is 0.670. The molecule has 6 aromatic carbocycles. The molecule has 0 fully saturated rings. The second kappa shape index (κ2) is 9.91. The van der Waals surface area contributed by atoms with Gasteiger partial charge in [-0.05, 0) is 46.5 Å². The van der Waals surface area contributed by atoms with Crippen molar-refractivity contribution in [3.05, 3.63) is 133 Å². The van der Waals surface area contributed by atoms with E-state index in [1.165, 1.54) is 33.0 Å². The Labute approximate surface area is 233 Å². The Morgan fingerprint density at radius 3 is 1.95 bits per heavy atom. The standard InChI is InChI=1S/C36H23NO.C2H6/c1-2-9-23(10-3-1)24-19-20-33-32(22-24)30-16-7-14-27(35(30)37-33)25-11-6-12-26(21-25)28-15-8-17-31-29-13-4-5-18-34(29)38-36(28)31;1-2/h1-22,37H;1-2H3. The average Bonchev–Trinajstić information content (AvgIpc) is 3.60. The number of nitrogens with one attached hydrogen (secondary N) is 1. The highest BCUT2D eigenvalue weighted by Gasteiger charge is 2.14. The van der Waals surface area contributed by atoms with E-state index in [9.17, 15) is 0 Å². The van der Waals surface area contributed by atoms with Crippen molar-refractivity contribution in [1.29, 1.82) is 0 Å². The number of aromatic nitrogens is 1. The molecule has 0 radical (unpaired) electrons. The molecule has 0 unspecified atom stereocenters. The Kier molecular flexibility index (Phi) is 5.94. The summed E-state index contributed by atoms with van der Waals surface area (Å²) in [5.74, 6) is 0. The number of rotatable bonds is 3. The summed E-state index contributed by atoms with van der Waals surface area (Å²) in [7, 11) is 0. The smallest absolute Gasteiger partial charge is 0.143 e. The van der Waals surface area contributed by atoms with Crippen LogP contribution < -0.4 is 0 Å². The quantitative estimate of drug-likeness (QED) is 0.249. The highest BCUT2D eigenvalue weighted by Crippen LogP contribution is 2.39. The first kappa shape index (κ1) is 24.0. The van der Waals surface area contributed by atoms with Crippen LogP contribution in [0.5, 0.6) is 0 Å². The summed E-state index contributed by atoms with van der Waals surface area (Å²) in [4.78, 5) is 3.71. The molecule has 0 aliphatic rings. The average molecular weight is 516 g/mol. The maximum atomic E-state index is 6.34. The van der Waals surface area contributed by atoms with E-state index in [1.807, 2.05) is 26.0 Å². The molecule has 0 saturated heterocycles. The molecule has 192 valence electrons. The highest BCUT2D eigenvalue weighted by molar-refractivity contribution is 6.13. The van der Waals surface area contributed by atoms with Gasteiger partial charge in [0.05, 0.1) is 5.52 Å². The lowest BCUT2D eigenvalue weighted by Gasteiger charge is -2.08. The van der Waals surface area contributed by atoms with Crippen LogP contribution in [0.2, 0.25) is 0 Å². The molecule has 2 heterocycles. The molecule has 2 nitrogen and oxygen atoms in total. The molecule has 8 rings (SSSR count). The van der Waals surface area contributed by atoms with Gasteiger partial charge in [0.1, 0.15) is 11.2 Å². The van der Waals surface area contributed by atoms with E-state index in [4.69, 9.17) is 4.42 Å². The van der Waals surface area contributed by atoms with Crippen molar-refractivity contribution in [3.63, 3.8) is 0 Å². The predicted octanol–water partition coefficient (Wildman–Crippen LogP) is 11.2. The molecule has 2 aromatic heterocycles. The summed E-state index contributed by atoms with van der Waals surface area (Å²) in [5.41, 5.74) is 11.2. The van der Waals surface area contributed by atoms with E-state index in [-0.39, 0.29) is 0 Å². The number of fused-ring (bicyclic) bond motifs is 6. The first-order valence-corrected chi connectivity index (χ1v) is 13.9. The van der Waals surface area contributed by atoms with Crippen molar-refractivity contribution in [3.8, 4) is 33.4 Å². The van der Waals surface area contributed by atoms with E-state index >= 15 is 0 Å². The highest BCUT2D eigenvalue weighted by atomic mass is 16.3. The molecule has 0 amide bonds. The molecule has 0 aliphatic heterocycles. The van der Waals surface area contributed by atoms with Crippen LogP contribution in [0.25, 0.3) is 77.1 Å². The fraction of sp³-hybridized carbons (Fsp3) is 0.0526. The van der Waals surface area contributed by atoms with Crippen LogP contribution in [-0.4, -0.2) is 4.98 Å². The number of H-pyrrole nitrogens is 1. The fourth-order valence-corrected chi connectivity index (χ4v) is 5.80. The van der Waals surface area contributed by atoms with E-state index in [2.05, 4.69) is 126 Å². The zero-order valence-electron chi connectivity index (χ0n) is 22.6. The van der Waals surface area contributed by atoms with Gasteiger partial charge in [0.15, 0.2) is 0 Å². The van der Waals surface area contributed by atoms with Crippen LogP contribution >= 0.6 is 0 Å². The maximum Gasteiger partial charge on any atom is 0.143 e. The van der Waals surface area contributed by atoms with Gasteiger partial charge in [-0.15, -0.1) is 0 Å². The maximum absolute atomic E-state index is 6.34. The van der Waals surface area contributed by atoms with Gasteiger partial charge < -0.3 is 9.40 Å². The van der Waals surface area contributed by atoms with Crippen molar-refractivity contribution >= 4 is 43.7 Å². The first-order chi connectivity index (χ1) is 19.8. The Morgan fingerprint density at radius 1 is 0.450 bits per heavy atom. The summed E-state index contributed by atoms with van der Waals surface area (Å²) in [6, 6.07) is 47.3. The third-order valence-electron chi connectivity index (χ3n) is 7.63. The third-order valence-corrected chi connectivity index (χ3v) is 7.63. The molecule has 0 aliphatic carbocycles. The van der Waals surface area contributed by atoms with Crippen LogP contribution in [0.15, 0.2) is 138 Å². The van der Waals surface area contributed by atoms with Gasteiger partial charge in [-0.3, -0.25) is 0 Å². The van der Waals surface area contributed by atoms with Crippen LogP contribution in [-0.2, 0) is 0 Å². The number of para-hydroxylation sites is 3. The predicted molar refractivity (Wildman–Crippen MR) is 171 cm³/mol.